The summed E-state index contributed by atoms with van der Waals surface area (Å²) < 4.78 is 5.60. The molecule has 0 radical (unpaired) electrons. The van der Waals surface area contributed by atoms with Crippen LogP contribution in [0.1, 0.15) is 17.3 Å². The Bertz CT molecular complexity index is 368. The number of carbonyl (C=O) groups is 1. The summed E-state index contributed by atoms with van der Waals surface area (Å²) in [4.78, 5) is 11.4. The first-order chi connectivity index (χ1) is 6.56. The van der Waals surface area contributed by atoms with Gasteiger partial charge in [-0.15, -0.1) is 0 Å². The van der Waals surface area contributed by atoms with Crippen molar-refractivity contribution in [1.29, 1.82) is 0 Å². The molecular weight excluding hydrogens is 316 g/mol. The number of esters is 1. The maximum atomic E-state index is 11.4. The third kappa shape index (κ3) is 2.51. The van der Waals surface area contributed by atoms with E-state index in [1.54, 1.807) is 13.0 Å². The van der Waals surface area contributed by atoms with Crippen molar-refractivity contribution in [2.75, 3.05) is 12.3 Å². The van der Waals surface area contributed by atoms with Crippen molar-refractivity contribution in [3.05, 3.63) is 26.3 Å². The lowest BCUT2D eigenvalue weighted by Gasteiger charge is -2.06. The minimum atomic E-state index is -0.375. The molecule has 0 amide bonds. The molecule has 1 rings (SSSR count). The van der Waals surface area contributed by atoms with E-state index < -0.39 is 0 Å². The van der Waals surface area contributed by atoms with Gasteiger partial charge in [-0.2, -0.15) is 0 Å². The first-order valence-corrected chi connectivity index (χ1v) is 5.43. The Labute approximate surface area is 101 Å². The van der Waals surface area contributed by atoms with Crippen LogP contribution in [0.25, 0.3) is 0 Å². The van der Waals surface area contributed by atoms with Gasteiger partial charge >= 0.3 is 5.97 Å². The van der Waals surface area contributed by atoms with Crippen LogP contribution in [0.4, 0.5) is 5.69 Å². The fourth-order valence-corrected chi connectivity index (χ4v) is 1.97. The van der Waals surface area contributed by atoms with Crippen LogP contribution >= 0.6 is 34.2 Å². The van der Waals surface area contributed by atoms with E-state index in [0.29, 0.717) is 22.9 Å². The van der Waals surface area contributed by atoms with Crippen LogP contribution in [0.5, 0.6) is 0 Å². The standard InChI is InChI=1S/C9H9ClINO2/c1-2-14-9(13)5-3-8(12)6(10)4-7(5)11/h3-4H,2,12H2,1H3. The molecule has 1 aromatic carbocycles. The predicted molar refractivity (Wildman–Crippen MR) is 64.5 cm³/mol. The maximum Gasteiger partial charge on any atom is 0.339 e. The summed E-state index contributed by atoms with van der Waals surface area (Å²) in [5, 5.41) is 0.447. The summed E-state index contributed by atoms with van der Waals surface area (Å²) in [5.74, 6) is -0.375. The van der Waals surface area contributed by atoms with Crippen molar-refractivity contribution in [1.82, 2.24) is 0 Å². The molecule has 2 N–H and O–H groups in total. The minimum absolute atomic E-state index is 0.345. The number of nitrogen functional groups attached to an aromatic ring is 1. The molecule has 0 aliphatic carbocycles. The number of halogens is 2. The first-order valence-electron chi connectivity index (χ1n) is 3.98. The second kappa shape index (κ2) is 4.84. The normalized spacial score (nSPS) is 9.93. The van der Waals surface area contributed by atoms with Crippen LogP contribution in [0.2, 0.25) is 5.02 Å². The molecule has 0 aliphatic heterocycles. The van der Waals surface area contributed by atoms with Crippen LogP contribution < -0.4 is 5.73 Å². The van der Waals surface area contributed by atoms with Gasteiger partial charge in [0.05, 0.1) is 22.9 Å². The molecule has 0 atom stereocenters. The monoisotopic (exact) mass is 325 g/mol. The highest BCUT2D eigenvalue weighted by Gasteiger charge is 2.13. The Kier molecular flexibility index (Phi) is 4.00. The van der Waals surface area contributed by atoms with E-state index in [0.717, 1.165) is 3.57 Å². The lowest BCUT2D eigenvalue weighted by atomic mass is 10.2. The number of benzene rings is 1. The Morgan fingerprint density at radius 3 is 2.86 bits per heavy atom. The average molecular weight is 326 g/mol. The molecule has 0 heterocycles. The number of rotatable bonds is 2. The van der Waals surface area contributed by atoms with E-state index in [1.807, 2.05) is 22.6 Å². The van der Waals surface area contributed by atoms with Gasteiger partial charge < -0.3 is 10.5 Å². The zero-order valence-corrected chi connectivity index (χ0v) is 10.4. The van der Waals surface area contributed by atoms with Gasteiger partial charge in [0, 0.05) is 3.57 Å². The maximum absolute atomic E-state index is 11.4. The van der Waals surface area contributed by atoms with Crippen molar-refractivity contribution in [2.24, 2.45) is 0 Å². The van der Waals surface area contributed by atoms with Crippen molar-refractivity contribution in [3.63, 3.8) is 0 Å². The molecule has 0 aliphatic rings. The number of hydrogen-bond acceptors (Lipinski definition) is 3. The van der Waals surface area contributed by atoms with E-state index in [2.05, 4.69) is 0 Å². The molecule has 0 saturated carbocycles. The molecule has 1 aromatic rings. The van der Waals surface area contributed by atoms with Gasteiger partial charge in [0.1, 0.15) is 0 Å². The van der Waals surface area contributed by atoms with E-state index in [4.69, 9.17) is 22.1 Å². The van der Waals surface area contributed by atoms with Crippen LogP contribution in [0.15, 0.2) is 12.1 Å². The SMILES string of the molecule is CCOC(=O)c1cc(N)c(Cl)cc1I. The lowest BCUT2D eigenvalue weighted by Crippen LogP contribution is -2.07. The highest BCUT2D eigenvalue weighted by molar-refractivity contribution is 14.1. The summed E-state index contributed by atoms with van der Waals surface area (Å²) >= 11 is 7.80. The highest BCUT2D eigenvalue weighted by atomic mass is 127. The average Bonchev–Trinajstić information content (AvgIpc) is 2.11. The number of carbonyl (C=O) groups excluding carboxylic acids is 1. The molecule has 5 heteroatoms. The lowest BCUT2D eigenvalue weighted by molar-refractivity contribution is 0.0525. The highest BCUT2D eigenvalue weighted by Crippen LogP contribution is 2.25. The smallest absolute Gasteiger partial charge is 0.339 e. The molecule has 0 spiro atoms. The van der Waals surface area contributed by atoms with Crippen molar-refractivity contribution in [2.45, 2.75) is 6.92 Å². The third-order valence-corrected chi connectivity index (χ3v) is 2.80. The van der Waals surface area contributed by atoms with Crippen molar-refractivity contribution < 1.29 is 9.53 Å². The van der Waals surface area contributed by atoms with Crippen molar-refractivity contribution >= 4 is 45.8 Å². The molecular formula is C9H9ClINO2. The second-order valence-corrected chi connectivity index (χ2v) is 4.14. The summed E-state index contributed by atoms with van der Waals surface area (Å²) in [6.45, 7) is 2.10. The van der Waals surface area contributed by atoms with Gasteiger partial charge in [-0.1, -0.05) is 11.6 Å². The number of anilines is 1. The molecule has 14 heavy (non-hydrogen) atoms. The molecule has 3 nitrogen and oxygen atoms in total. The Balaban J connectivity index is 3.09. The number of nitrogens with two attached hydrogens (primary N) is 1. The molecule has 0 unspecified atom stereocenters. The summed E-state index contributed by atoms with van der Waals surface area (Å²) in [6, 6.07) is 3.17. The predicted octanol–water partition coefficient (Wildman–Crippen LogP) is 2.70. The quantitative estimate of drug-likeness (QED) is 0.517. The Morgan fingerprint density at radius 2 is 2.29 bits per heavy atom. The van der Waals surface area contributed by atoms with Crippen LogP contribution in [-0.2, 0) is 4.74 Å². The minimum Gasteiger partial charge on any atom is -0.462 e. The Hall–Kier alpha value is -0.490. The van der Waals surface area contributed by atoms with E-state index in [9.17, 15) is 4.79 Å². The first kappa shape index (κ1) is 11.6. The van der Waals surface area contributed by atoms with Gasteiger partial charge in [-0.05, 0) is 41.6 Å². The summed E-state index contributed by atoms with van der Waals surface area (Å²) in [7, 11) is 0. The molecule has 0 fully saturated rings. The summed E-state index contributed by atoms with van der Waals surface area (Å²) in [5.41, 5.74) is 6.42. The van der Waals surface area contributed by atoms with E-state index in [1.165, 1.54) is 6.07 Å². The third-order valence-electron chi connectivity index (χ3n) is 1.58. The van der Waals surface area contributed by atoms with Crippen LogP contribution in [-0.4, -0.2) is 12.6 Å². The molecule has 0 aromatic heterocycles. The zero-order chi connectivity index (χ0) is 10.7. The van der Waals surface area contributed by atoms with Gasteiger partial charge in [0.2, 0.25) is 0 Å². The van der Waals surface area contributed by atoms with Gasteiger partial charge in [0.25, 0.3) is 0 Å². The van der Waals surface area contributed by atoms with Gasteiger partial charge in [-0.3, -0.25) is 0 Å². The summed E-state index contributed by atoms with van der Waals surface area (Å²) in [6.07, 6.45) is 0. The second-order valence-electron chi connectivity index (χ2n) is 2.57. The van der Waals surface area contributed by atoms with E-state index >= 15 is 0 Å². The van der Waals surface area contributed by atoms with Crippen LogP contribution in [0.3, 0.4) is 0 Å². The molecule has 0 bridgehead atoms. The van der Waals surface area contributed by atoms with Gasteiger partial charge in [0.15, 0.2) is 0 Å². The Morgan fingerprint density at radius 1 is 1.64 bits per heavy atom. The number of ether oxygens (including phenoxy) is 1. The zero-order valence-electron chi connectivity index (χ0n) is 7.51. The van der Waals surface area contributed by atoms with Crippen LogP contribution in [0, 0.1) is 3.57 Å². The number of hydrogen-bond donors (Lipinski definition) is 1. The fourth-order valence-electron chi connectivity index (χ4n) is 0.931. The van der Waals surface area contributed by atoms with E-state index in [-0.39, 0.29) is 5.97 Å². The fraction of sp³-hybridized carbons (Fsp3) is 0.222. The van der Waals surface area contributed by atoms with Gasteiger partial charge in [-0.25, -0.2) is 4.79 Å². The molecule has 0 saturated heterocycles. The largest absolute Gasteiger partial charge is 0.462 e. The molecule has 76 valence electrons. The van der Waals surface area contributed by atoms with Crippen molar-refractivity contribution in [3.8, 4) is 0 Å². The topological polar surface area (TPSA) is 52.3 Å².